The van der Waals surface area contributed by atoms with Gasteiger partial charge in [0.25, 0.3) is 0 Å². The zero-order valence-corrected chi connectivity index (χ0v) is 23.4. The fourth-order valence-corrected chi connectivity index (χ4v) is 6.07. The third-order valence-corrected chi connectivity index (χ3v) is 8.02. The van der Waals surface area contributed by atoms with Gasteiger partial charge in [0.2, 0.25) is 0 Å². The van der Waals surface area contributed by atoms with Crippen molar-refractivity contribution in [1.29, 1.82) is 0 Å². The molecule has 204 valence electrons. The minimum atomic E-state index is 0.765. The first-order valence-electron chi connectivity index (χ1n) is 14.4. The zero-order valence-electron chi connectivity index (χ0n) is 23.4. The molecule has 43 heavy (non-hydrogen) atoms. The topological polar surface area (TPSA) is 43.9 Å². The lowest BCUT2D eigenvalue weighted by atomic mass is 9.92. The Morgan fingerprint density at radius 3 is 2.63 bits per heavy atom. The molecule has 0 fully saturated rings. The summed E-state index contributed by atoms with van der Waals surface area (Å²) in [4.78, 5) is 9.63. The smallest absolute Gasteiger partial charge is 0.164 e. The standard InChI is InChI=1S/C39H27N3O/c1-26-13-4-2-3-5-18-31(38-36(26)37-30-17-7-6-14-27(30)22-23-35(37)43-38)28-15-12-16-29(25-28)42-34-21-9-8-19-32(34)41-39(42)33-20-10-11-24-40-33/h2-4,6-25H,1,5H2/b3-2-,13-4-,31-18-. The van der Waals surface area contributed by atoms with Gasteiger partial charge in [0, 0.05) is 28.4 Å². The number of furan rings is 1. The summed E-state index contributed by atoms with van der Waals surface area (Å²) in [6.45, 7) is 4.50. The fourth-order valence-electron chi connectivity index (χ4n) is 6.07. The zero-order chi connectivity index (χ0) is 28.8. The molecule has 0 bridgehead atoms. The van der Waals surface area contributed by atoms with E-state index in [1.807, 2.05) is 42.6 Å². The van der Waals surface area contributed by atoms with E-state index in [1.165, 1.54) is 5.39 Å². The fraction of sp³-hybridized carbons (Fsp3) is 0.0256. The molecule has 0 unspecified atom stereocenters. The number of hydrogen-bond donors (Lipinski definition) is 0. The van der Waals surface area contributed by atoms with E-state index in [0.29, 0.717) is 0 Å². The Labute approximate surface area is 249 Å². The normalized spacial score (nSPS) is 16.2. The molecule has 0 spiro atoms. The van der Waals surface area contributed by atoms with E-state index in [1.54, 1.807) is 0 Å². The lowest BCUT2D eigenvalue weighted by molar-refractivity contribution is 0.599. The molecule has 0 atom stereocenters. The van der Waals surface area contributed by atoms with E-state index in [-0.39, 0.29) is 0 Å². The minimum absolute atomic E-state index is 0.765. The van der Waals surface area contributed by atoms with Crippen molar-refractivity contribution in [3.05, 3.63) is 163 Å². The van der Waals surface area contributed by atoms with Gasteiger partial charge in [-0.05, 0) is 70.8 Å². The Morgan fingerprint density at radius 1 is 0.814 bits per heavy atom. The molecule has 4 heteroatoms. The van der Waals surface area contributed by atoms with Crippen molar-refractivity contribution >= 4 is 43.9 Å². The summed E-state index contributed by atoms with van der Waals surface area (Å²) in [6.07, 6.45) is 13.2. The van der Waals surface area contributed by atoms with Crippen LogP contribution in [-0.2, 0) is 0 Å². The Morgan fingerprint density at radius 2 is 1.70 bits per heavy atom. The van der Waals surface area contributed by atoms with Crippen molar-refractivity contribution in [3.8, 4) is 17.2 Å². The Kier molecular flexibility index (Phi) is 5.97. The van der Waals surface area contributed by atoms with Crippen LogP contribution in [-0.4, -0.2) is 14.5 Å². The Bertz CT molecular complexity index is 2280. The number of nitrogens with zero attached hydrogens (tertiary/aromatic N) is 3. The summed E-state index contributed by atoms with van der Waals surface area (Å²) in [5, 5.41) is 3.42. The van der Waals surface area contributed by atoms with Crippen LogP contribution < -0.4 is 0 Å². The summed E-state index contributed by atoms with van der Waals surface area (Å²) in [6, 6.07) is 35.4. The second-order valence-electron chi connectivity index (χ2n) is 10.7. The molecule has 3 aromatic heterocycles. The number of aromatic nitrogens is 3. The molecule has 1 aliphatic carbocycles. The SMILES string of the molecule is C=C1/C=C\C=C/C/C=C(/c2cccc(-n3c(-c4ccccn4)nc4ccccc43)c2)c2oc3ccc4ccccc4c3c21. The average Bonchev–Trinajstić information content (AvgIpc) is 3.64. The van der Waals surface area contributed by atoms with Crippen molar-refractivity contribution in [2.24, 2.45) is 0 Å². The summed E-state index contributed by atoms with van der Waals surface area (Å²) >= 11 is 0. The van der Waals surface area contributed by atoms with Crippen molar-refractivity contribution in [1.82, 2.24) is 14.5 Å². The largest absolute Gasteiger partial charge is 0.455 e. The van der Waals surface area contributed by atoms with E-state index in [0.717, 1.165) is 79.0 Å². The molecule has 1 aliphatic rings. The maximum atomic E-state index is 6.75. The van der Waals surface area contributed by atoms with Crippen molar-refractivity contribution in [3.63, 3.8) is 0 Å². The van der Waals surface area contributed by atoms with E-state index >= 15 is 0 Å². The monoisotopic (exact) mass is 553 g/mol. The van der Waals surface area contributed by atoms with Gasteiger partial charge in [-0.25, -0.2) is 4.98 Å². The van der Waals surface area contributed by atoms with Gasteiger partial charge in [-0.3, -0.25) is 9.55 Å². The third kappa shape index (κ3) is 4.23. The molecular weight excluding hydrogens is 526 g/mol. The first kappa shape index (κ1) is 25.0. The van der Waals surface area contributed by atoms with E-state index < -0.39 is 0 Å². The number of rotatable bonds is 3. The number of imidazole rings is 1. The van der Waals surface area contributed by atoms with Gasteiger partial charge in [0.1, 0.15) is 17.0 Å². The number of para-hydroxylation sites is 2. The second kappa shape index (κ2) is 10.3. The van der Waals surface area contributed by atoms with Crippen molar-refractivity contribution in [2.75, 3.05) is 0 Å². The van der Waals surface area contributed by atoms with Crippen LogP contribution in [0, 0.1) is 0 Å². The van der Waals surface area contributed by atoms with Gasteiger partial charge in [-0.15, -0.1) is 0 Å². The van der Waals surface area contributed by atoms with Gasteiger partial charge < -0.3 is 4.42 Å². The Balaban J connectivity index is 1.37. The van der Waals surface area contributed by atoms with E-state index in [4.69, 9.17) is 9.40 Å². The highest BCUT2D eigenvalue weighted by atomic mass is 16.3. The van der Waals surface area contributed by atoms with Crippen LogP contribution in [0.4, 0.5) is 0 Å². The van der Waals surface area contributed by atoms with Gasteiger partial charge >= 0.3 is 0 Å². The molecule has 7 aromatic rings. The van der Waals surface area contributed by atoms with Crippen molar-refractivity contribution in [2.45, 2.75) is 6.42 Å². The summed E-state index contributed by atoms with van der Waals surface area (Å²) in [5.74, 6) is 1.63. The average molecular weight is 554 g/mol. The number of pyridine rings is 1. The van der Waals surface area contributed by atoms with Gasteiger partial charge in [-0.1, -0.05) is 97.6 Å². The number of fused-ring (bicyclic) bond motifs is 6. The molecule has 4 aromatic carbocycles. The van der Waals surface area contributed by atoms with Crippen LogP contribution >= 0.6 is 0 Å². The highest BCUT2D eigenvalue weighted by molar-refractivity contribution is 6.13. The molecular formula is C39H27N3O. The maximum Gasteiger partial charge on any atom is 0.164 e. The molecule has 0 saturated heterocycles. The first-order valence-corrected chi connectivity index (χ1v) is 14.4. The third-order valence-electron chi connectivity index (χ3n) is 8.02. The maximum absolute atomic E-state index is 6.75. The number of benzene rings is 4. The van der Waals surface area contributed by atoms with Crippen LogP contribution in [0.5, 0.6) is 0 Å². The summed E-state index contributed by atoms with van der Waals surface area (Å²) < 4.78 is 8.94. The highest BCUT2D eigenvalue weighted by Gasteiger charge is 2.23. The highest BCUT2D eigenvalue weighted by Crippen LogP contribution is 2.42. The minimum Gasteiger partial charge on any atom is -0.455 e. The second-order valence-corrected chi connectivity index (χ2v) is 10.7. The van der Waals surface area contributed by atoms with Crippen LogP contribution in [0.25, 0.3) is 61.1 Å². The lowest BCUT2D eigenvalue weighted by Gasteiger charge is -2.14. The molecule has 3 heterocycles. The molecule has 8 rings (SSSR count). The summed E-state index contributed by atoms with van der Waals surface area (Å²) in [5.41, 5.74) is 8.65. The molecule has 4 nitrogen and oxygen atoms in total. The summed E-state index contributed by atoms with van der Waals surface area (Å²) in [7, 11) is 0. The van der Waals surface area contributed by atoms with Crippen LogP contribution in [0.1, 0.15) is 23.3 Å². The molecule has 0 saturated carbocycles. The Hall–Kier alpha value is -5.74. The van der Waals surface area contributed by atoms with Crippen LogP contribution in [0.3, 0.4) is 0 Å². The lowest BCUT2D eigenvalue weighted by Crippen LogP contribution is -2.00. The number of allylic oxidation sites excluding steroid dienone is 6. The van der Waals surface area contributed by atoms with Gasteiger partial charge in [-0.2, -0.15) is 0 Å². The molecule has 0 amide bonds. The predicted octanol–water partition coefficient (Wildman–Crippen LogP) is 9.95. The molecule has 0 radical (unpaired) electrons. The van der Waals surface area contributed by atoms with Gasteiger partial charge in [0.15, 0.2) is 5.82 Å². The number of hydrogen-bond acceptors (Lipinski definition) is 3. The van der Waals surface area contributed by atoms with Crippen LogP contribution in [0.15, 0.2) is 151 Å². The molecule has 0 aliphatic heterocycles. The predicted molar refractivity (Wildman–Crippen MR) is 177 cm³/mol. The van der Waals surface area contributed by atoms with Crippen LogP contribution in [0.2, 0.25) is 0 Å². The van der Waals surface area contributed by atoms with E-state index in [9.17, 15) is 0 Å². The molecule has 0 N–H and O–H groups in total. The first-order chi connectivity index (χ1) is 21.3. The van der Waals surface area contributed by atoms with Gasteiger partial charge in [0.05, 0.1) is 11.0 Å². The van der Waals surface area contributed by atoms with E-state index in [2.05, 4.69) is 113 Å². The van der Waals surface area contributed by atoms with Crippen molar-refractivity contribution < 1.29 is 4.42 Å². The quantitative estimate of drug-likeness (QED) is 0.219.